The summed E-state index contributed by atoms with van der Waals surface area (Å²) >= 11 is 0. The van der Waals surface area contributed by atoms with Gasteiger partial charge in [-0.3, -0.25) is 0 Å². The van der Waals surface area contributed by atoms with Gasteiger partial charge < -0.3 is 5.73 Å². The van der Waals surface area contributed by atoms with Crippen molar-refractivity contribution in [2.75, 3.05) is 0 Å². The Morgan fingerprint density at radius 3 is 2.29 bits per heavy atom. The number of rotatable bonds is 5. The molecule has 0 spiro atoms. The van der Waals surface area contributed by atoms with E-state index in [9.17, 15) is 12.8 Å². The van der Waals surface area contributed by atoms with Crippen molar-refractivity contribution in [3.05, 3.63) is 65.0 Å². The molecule has 0 saturated carbocycles. The first-order valence-electron chi connectivity index (χ1n) is 6.46. The molecule has 21 heavy (non-hydrogen) atoms. The van der Waals surface area contributed by atoms with Crippen molar-refractivity contribution >= 4 is 10.0 Å². The lowest BCUT2D eigenvalue weighted by atomic mass is 10.1. The van der Waals surface area contributed by atoms with Crippen LogP contribution in [0.5, 0.6) is 0 Å². The third kappa shape index (κ3) is 3.87. The number of hydrogen-bond acceptors (Lipinski definition) is 3. The summed E-state index contributed by atoms with van der Waals surface area (Å²) in [6.45, 7) is 2.20. The van der Waals surface area contributed by atoms with E-state index in [1.54, 1.807) is 37.3 Å². The lowest BCUT2D eigenvalue weighted by molar-refractivity contribution is 0.580. The van der Waals surface area contributed by atoms with Gasteiger partial charge in [0.1, 0.15) is 5.82 Å². The molecule has 0 saturated heterocycles. The summed E-state index contributed by atoms with van der Waals surface area (Å²) in [4.78, 5) is 0.224. The van der Waals surface area contributed by atoms with Crippen LogP contribution in [0.25, 0.3) is 0 Å². The quantitative estimate of drug-likeness (QED) is 0.888. The molecule has 2 aromatic rings. The first-order valence-corrected chi connectivity index (χ1v) is 7.94. The SMILES string of the molecule is Cc1cc(CN)ccc1S(=O)(=O)NCc1ccc(F)cc1. The average molecular weight is 308 g/mol. The smallest absolute Gasteiger partial charge is 0.241 e. The minimum atomic E-state index is -3.61. The van der Waals surface area contributed by atoms with E-state index < -0.39 is 10.0 Å². The summed E-state index contributed by atoms with van der Waals surface area (Å²) in [5.41, 5.74) is 7.74. The Hall–Kier alpha value is -1.76. The highest BCUT2D eigenvalue weighted by molar-refractivity contribution is 7.89. The van der Waals surface area contributed by atoms with E-state index in [4.69, 9.17) is 5.73 Å². The Balaban J connectivity index is 2.16. The summed E-state index contributed by atoms with van der Waals surface area (Å²) in [5.74, 6) is -0.352. The molecule has 2 aromatic carbocycles. The van der Waals surface area contributed by atoms with Crippen LogP contribution in [0.3, 0.4) is 0 Å². The Morgan fingerprint density at radius 2 is 1.71 bits per heavy atom. The van der Waals surface area contributed by atoms with Crippen molar-refractivity contribution in [3.8, 4) is 0 Å². The van der Waals surface area contributed by atoms with Crippen molar-refractivity contribution in [2.45, 2.75) is 24.9 Å². The van der Waals surface area contributed by atoms with Gasteiger partial charge in [0.15, 0.2) is 0 Å². The number of nitrogens with one attached hydrogen (secondary N) is 1. The van der Waals surface area contributed by atoms with Gasteiger partial charge in [-0.2, -0.15) is 0 Å². The number of hydrogen-bond donors (Lipinski definition) is 2. The van der Waals surface area contributed by atoms with Crippen molar-refractivity contribution in [1.82, 2.24) is 4.72 Å². The van der Waals surface area contributed by atoms with E-state index in [1.165, 1.54) is 12.1 Å². The Morgan fingerprint density at radius 1 is 1.10 bits per heavy atom. The third-order valence-corrected chi connectivity index (χ3v) is 4.71. The number of sulfonamides is 1. The molecule has 0 aliphatic heterocycles. The molecule has 0 amide bonds. The molecule has 3 N–H and O–H groups in total. The summed E-state index contributed by atoms with van der Waals surface area (Å²) in [6.07, 6.45) is 0. The van der Waals surface area contributed by atoms with E-state index in [2.05, 4.69) is 4.72 Å². The Kier molecular flexibility index (Phi) is 4.72. The van der Waals surface area contributed by atoms with Crippen LogP contribution < -0.4 is 10.5 Å². The molecule has 112 valence electrons. The summed E-state index contributed by atoms with van der Waals surface area (Å²) in [7, 11) is -3.61. The fourth-order valence-electron chi connectivity index (χ4n) is 2.00. The zero-order chi connectivity index (χ0) is 15.5. The van der Waals surface area contributed by atoms with Crippen molar-refractivity contribution in [2.24, 2.45) is 5.73 Å². The minimum absolute atomic E-state index is 0.112. The van der Waals surface area contributed by atoms with E-state index in [0.717, 1.165) is 5.56 Å². The topological polar surface area (TPSA) is 72.2 Å². The lowest BCUT2D eigenvalue weighted by Gasteiger charge is -2.10. The molecule has 2 rings (SSSR count). The van der Waals surface area contributed by atoms with Crippen LogP contribution in [-0.4, -0.2) is 8.42 Å². The van der Waals surface area contributed by atoms with Gasteiger partial charge in [0.2, 0.25) is 10.0 Å². The highest BCUT2D eigenvalue weighted by Gasteiger charge is 2.16. The molecule has 0 unspecified atom stereocenters. The second-order valence-corrected chi connectivity index (χ2v) is 6.49. The van der Waals surface area contributed by atoms with Gasteiger partial charge >= 0.3 is 0 Å². The Bertz CT molecular complexity index is 728. The second kappa shape index (κ2) is 6.34. The van der Waals surface area contributed by atoms with Gasteiger partial charge in [0.05, 0.1) is 4.90 Å². The summed E-state index contributed by atoms with van der Waals surface area (Å²) in [5, 5.41) is 0. The van der Waals surface area contributed by atoms with Crippen LogP contribution in [0, 0.1) is 12.7 Å². The highest BCUT2D eigenvalue weighted by Crippen LogP contribution is 2.17. The van der Waals surface area contributed by atoms with Crippen LogP contribution in [0.1, 0.15) is 16.7 Å². The molecule has 0 atom stereocenters. The van der Waals surface area contributed by atoms with Crippen LogP contribution in [-0.2, 0) is 23.1 Å². The van der Waals surface area contributed by atoms with Gasteiger partial charge in [-0.05, 0) is 41.8 Å². The number of aryl methyl sites for hydroxylation is 1. The van der Waals surface area contributed by atoms with Crippen LogP contribution in [0.2, 0.25) is 0 Å². The zero-order valence-electron chi connectivity index (χ0n) is 11.6. The molecular formula is C15H17FN2O2S. The zero-order valence-corrected chi connectivity index (χ0v) is 12.5. The van der Waals surface area contributed by atoms with Crippen molar-refractivity contribution in [3.63, 3.8) is 0 Å². The van der Waals surface area contributed by atoms with Gasteiger partial charge in [-0.15, -0.1) is 0 Å². The summed E-state index contributed by atoms with van der Waals surface area (Å²) < 4.78 is 39.9. The third-order valence-electron chi connectivity index (χ3n) is 3.14. The molecule has 6 heteroatoms. The van der Waals surface area contributed by atoms with Crippen LogP contribution in [0.15, 0.2) is 47.4 Å². The van der Waals surface area contributed by atoms with E-state index in [0.29, 0.717) is 17.7 Å². The van der Waals surface area contributed by atoms with Gasteiger partial charge in [-0.1, -0.05) is 24.3 Å². The predicted molar refractivity (Wildman–Crippen MR) is 79.5 cm³/mol. The molecule has 0 radical (unpaired) electrons. The predicted octanol–water partition coefficient (Wildman–Crippen LogP) is 2.07. The largest absolute Gasteiger partial charge is 0.326 e. The second-order valence-electron chi connectivity index (χ2n) is 4.75. The van der Waals surface area contributed by atoms with Gasteiger partial charge in [-0.25, -0.2) is 17.5 Å². The molecule has 0 aromatic heterocycles. The first-order chi connectivity index (χ1) is 9.92. The molecule has 0 aliphatic carbocycles. The molecule has 0 fully saturated rings. The fraction of sp³-hybridized carbons (Fsp3) is 0.200. The van der Waals surface area contributed by atoms with Crippen LogP contribution in [0.4, 0.5) is 4.39 Å². The van der Waals surface area contributed by atoms with Crippen LogP contribution >= 0.6 is 0 Å². The lowest BCUT2D eigenvalue weighted by Crippen LogP contribution is -2.24. The van der Waals surface area contributed by atoms with Gasteiger partial charge in [0.25, 0.3) is 0 Å². The van der Waals surface area contributed by atoms with E-state index >= 15 is 0 Å². The van der Waals surface area contributed by atoms with Crippen molar-refractivity contribution in [1.29, 1.82) is 0 Å². The monoisotopic (exact) mass is 308 g/mol. The fourth-order valence-corrected chi connectivity index (χ4v) is 3.24. The number of nitrogens with two attached hydrogens (primary N) is 1. The molecule has 0 aliphatic rings. The highest BCUT2D eigenvalue weighted by atomic mass is 32.2. The maximum absolute atomic E-state index is 12.8. The maximum atomic E-state index is 12.8. The minimum Gasteiger partial charge on any atom is -0.326 e. The van der Waals surface area contributed by atoms with Crippen molar-refractivity contribution < 1.29 is 12.8 Å². The normalized spacial score (nSPS) is 11.6. The Labute approximate surface area is 123 Å². The molecule has 0 heterocycles. The van der Waals surface area contributed by atoms with E-state index in [-0.39, 0.29) is 17.3 Å². The standard InChI is InChI=1S/C15H17FN2O2S/c1-11-8-13(9-17)4-7-15(11)21(19,20)18-10-12-2-5-14(16)6-3-12/h2-8,18H,9-10,17H2,1H3. The molecule has 0 bridgehead atoms. The first kappa shape index (κ1) is 15.6. The summed E-state index contributed by atoms with van der Waals surface area (Å²) in [6, 6.07) is 10.7. The van der Waals surface area contributed by atoms with E-state index in [1.807, 2.05) is 0 Å². The number of benzene rings is 2. The average Bonchev–Trinajstić information content (AvgIpc) is 2.46. The molecule has 4 nitrogen and oxygen atoms in total. The number of halogens is 1. The molecular weight excluding hydrogens is 291 g/mol. The van der Waals surface area contributed by atoms with Gasteiger partial charge in [0, 0.05) is 13.1 Å². The maximum Gasteiger partial charge on any atom is 0.241 e.